The van der Waals surface area contributed by atoms with Crippen LogP contribution in [0.25, 0.3) is 0 Å². The number of allylic oxidation sites excluding steroid dienone is 2. The van der Waals surface area contributed by atoms with Gasteiger partial charge in [-0.1, -0.05) is 12.5 Å². The predicted molar refractivity (Wildman–Crippen MR) is 39.7 cm³/mol. The van der Waals surface area contributed by atoms with Crippen molar-refractivity contribution in [2.75, 3.05) is 0 Å². The van der Waals surface area contributed by atoms with Gasteiger partial charge in [0.25, 0.3) is 0 Å². The van der Waals surface area contributed by atoms with Gasteiger partial charge in [-0.05, 0) is 13.8 Å². The lowest BCUT2D eigenvalue weighted by Crippen LogP contribution is -2.03. The van der Waals surface area contributed by atoms with E-state index >= 15 is 0 Å². The quantitative estimate of drug-likeness (QED) is 0.257. The zero-order valence-electron chi connectivity index (χ0n) is 6.60. The van der Waals surface area contributed by atoms with E-state index in [2.05, 4.69) is 0 Å². The maximum absolute atomic E-state index is 10.9. The van der Waals surface area contributed by atoms with E-state index in [1.54, 1.807) is 20.8 Å². The van der Waals surface area contributed by atoms with Gasteiger partial charge in [0.05, 0.1) is 5.57 Å². The highest BCUT2D eigenvalue weighted by atomic mass is 16.1. The Hall–Kier alpha value is -0.920. The van der Waals surface area contributed by atoms with Crippen molar-refractivity contribution in [2.45, 2.75) is 27.2 Å². The summed E-state index contributed by atoms with van der Waals surface area (Å²) < 4.78 is 0. The standard InChI is InChI=1S/C8H12O2/c1-4-8(10)7(5-9)6(2)3/h5H,4H2,1-3H3. The van der Waals surface area contributed by atoms with Crippen molar-refractivity contribution in [3.8, 4) is 0 Å². The summed E-state index contributed by atoms with van der Waals surface area (Å²) in [4.78, 5) is 21.2. The largest absolute Gasteiger partial charge is 0.298 e. The summed E-state index contributed by atoms with van der Waals surface area (Å²) in [5, 5.41) is 0. The van der Waals surface area contributed by atoms with E-state index in [9.17, 15) is 9.59 Å². The van der Waals surface area contributed by atoms with E-state index in [1.807, 2.05) is 0 Å². The van der Waals surface area contributed by atoms with Gasteiger partial charge in [-0.2, -0.15) is 0 Å². The third-order valence-corrected chi connectivity index (χ3v) is 1.28. The van der Waals surface area contributed by atoms with Gasteiger partial charge in [0.1, 0.15) is 0 Å². The SMILES string of the molecule is CCC(=O)C(C=O)=C(C)C. The molecule has 0 bridgehead atoms. The highest BCUT2D eigenvalue weighted by Crippen LogP contribution is 2.02. The molecular formula is C8H12O2. The zero-order chi connectivity index (χ0) is 8.15. The number of ketones is 1. The lowest BCUT2D eigenvalue weighted by molar-refractivity contribution is -0.117. The van der Waals surface area contributed by atoms with Gasteiger partial charge >= 0.3 is 0 Å². The average Bonchev–Trinajstić information content (AvgIpc) is 1.88. The summed E-state index contributed by atoms with van der Waals surface area (Å²) in [5.74, 6) is -0.0741. The molecule has 0 spiro atoms. The Morgan fingerprint density at radius 3 is 2.00 bits per heavy atom. The Kier molecular flexibility index (Phi) is 3.62. The average molecular weight is 140 g/mol. The third kappa shape index (κ3) is 2.13. The zero-order valence-corrected chi connectivity index (χ0v) is 6.60. The number of carbonyl (C=O) groups is 2. The maximum atomic E-state index is 10.9. The molecule has 0 amide bonds. The topological polar surface area (TPSA) is 34.1 Å². The Morgan fingerprint density at radius 2 is 1.90 bits per heavy atom. The minimum absolute atomic E-state index is 0.0741. The van der Waals surface area contributed by atoms with Gasteiger partial charge in [0.15, 0.2) is 12.1 Å². The van der Waals surface area contributed by atoms with E-state index < -0.39 is 0 Å². The van der Waals surface area contributed by atoms with Crippen molar-refractivity contribution in [3.05, 3.63) is 11.1 Å². The lowest BCUT2D eigenvalue weighted by atomic mass is 10.1. The van der Waals surface area contributed by atoms with Crippen LogP contribution >= 0.6 is 0 Å². The lowest BCUT2D eigenvalue weighted by Gasteiger charge is -1.96. The summed E-state index contributed by atoms with van der Waals surface area (Å²) >= 11 is 0. The first-order valence-corrected chi connectivity index (χ1v) is 3.29. The number of carbonyl (C=O) groups excluding carboxylic acids is 2. The fourth-order valence-corrected chi connectivity index (χ4v) is 0.653. The first kappa shape index (κ1) is 9.08. The molecule has 2 heteroatoms. The molecular weight excluding hydrogens is 128 g/mol. The maximum Gasteiger partial charge on any atom is 0.165 e. The van der Waals surface area contributed by atoms with Crippen LogP contribution in [0.1, 0.15) is 27.2 Å². The number of hydrogen-bond donors (Lipinski definition) is 0. The van der Waals surface area contributed by atoms with Crippen molar-refractivity contribution >= 4 is 12.1 Å². The number of hydrogen-bond acceptors (Lipinski definition) is 2. The molecule has 0 saturated carbocycles. The second-order valence-corrected chi connectivity index (χ2v) is 2.31. The molecule has 0 saturated heterocycles. The van der Waals surface area contributed by atoms with Crippen LogP contribution in [-0.2, 0) is 9.59 Å². The van der Waals surface area contributed by atoms with Gasteiger partial charge in [-0.3, -0.25) is 9.59 Å². The molecule has 0 N–H and O–H groups in total. The smallest absolute Gasteiger partial charge is 0.165 e. The van der Waals surface area contributed by atoms with Crippen LogP contribution in [-0.4, -0.2) is 12.1 Å². The molecule has 2 nitrogen and oxygen atoms in total. The molecule has 0 unspecified atom stereocenters. The van der Waals surface area contributed by atoms with Crippen LogP contribution in [0.2, 0.25) is 0 Å². The van der Waals surface area contributed by atoms with Crippen molar-refractivity contribution < 1.29 is 9.59 Å². The summed E-state index contributed by atoms with van der Waals surface area (Å²) in [6.07, 6.45) is 1.03. The second-order valence-electron chi connectivity index (χ2n) is 2.31. The molecule has 56 valence electrons. The molecule has 0 rings (SSSR count). The van der Waals surface area contributed by atoms with Gasteiger partial charge in [-0.15, -0.1) is 0 Å². The van der Waals surface area contributed by atoms with E-state index in [0.717, 1.165) is 5.57 Å². The minimum Gasteiger partial charge on any atom is -0.298 e. The van der Waals surface area contributed by atoms with Crippen LogP contribution in [0, 0.1) is 0 Å². The highest BCUT2D eigenvalue weighted by molar-refractivity contribution is 6.12. The van der Waals surface area contributed by atoms with Crippen LogP contribution < -0.4 is 0 Å². The summed E-state index contributed by atoms with van der Waals surface area (Å²) in [7, 11) is 0. The van der Waals surface area contributed by atoms with E-state index in [1.165, 1.54) is 0 Å². The fourth-order valence-electron chi connectivity index (χ4n) is 0.653. The molecule has 0 aliphatic heterocycles. The van der Waals surface area contributed by atoms with Crippen LogP contribution in [0.3, 0.4) is 0 Å². The van der Waals surface area contributed by atoms with Crippen molar-refractivity contribution in [3.63, 3.8) is 0 Å². The molecule has 0 fully saturated rings. The molecule has 0 radical (unpaired) electrons. The van der Waals surface area contributed by atoms with Gasteiger partial charge in [0.2, 0.25) is 0 Å². The molecule has 0 aliphatic carbocycles. The van der Waals surface area contributed by atoms with Crippen molar-refractivity contribution in [2.24, 2.45) is 0 Å². The van der Waals surface area contributed by atoms with Crippen LogP contribution in [0.15, 0.2) is 11.1 Å². The summed E-state index contributed by atoms with van der Waals surface area (Å²) in [6, 6.07) is 0. The Bertz CT molecular complexity index is 174. The normalized spacial score (nSPS) is 8.70. The summed E-state index contributed by atoms with van der Waals surface area (Å²) in [6.45, 7) is 5.27. The third-order valence-electron chi connectivity index (χ3n) is 1.28. The van der Waals surface area contributed by atoms with E-state index in [0.29, 0.717) is 18.3 Å². The molecule has 0 aromatic rings. The molecule has 10 heavy (non-hydrogen) atoms. The van der Waals surface area contributed by atoms with Gasteiger partial charge in [-0.25, -0.2) is 0 Å². The van der Waals surface area contributed by atoms with Crippen molar-refractivity contribution in [1.29, 1.82) is 0 Å². The Labute approximate surface area is 60.9 Å². The molecule has 0 heterocycles. The fraction of sp³-hybridized carbons (Fsp3) is 0.500. The number of aldehydes is 1. The van der Waals surface area contributed by atoms with E-state index in [-0.39, 0.29) is 5.78 Å². The number of Topliss-reactive ketones (excluding diaryl/α,β-unsaturated/α-hetero) is 1. The van der Waals surface area contributed by atoms with Crippen LogP contribution in [0.5, 0.6) is 0 Å². The van der Waals surface area contributed by atoms with Gasteiger partial charge in [0, 0.05) is 6.42 Å². The summed E-state index contributed by atoms with van der Waals surface area (Å²) in [5.41, 5.74) is 1.12. The Balaban J connectivity index is 4.53. The highest BCUT2D eigenvalue weighted by Gasteiger charge is 2.05. The molecule has 0 aromatic carbocycles. The second kappa shape index (κ2) is 3.99. The minimum atomic E-state index is -0.0741. The van der Waals surface area contributed by atoms with E-state index in [4.69, 9.17) is 0 Å². The van der Waals surface area contributed by atoms with Crippen molar-refractivity contribution in [1.82, 2.24) is 0 Å². The molecule has 0 aliphatic rings. The number of rotatable bonds is 3. The molecule has 0 aromatic heterocycles. The van der Waals surface area contributed by atoms with Gasteiger partial charge < -0.3 is 0 Å². The molecule has 0 atom stereocenters. The monoisotopic (exact) mass is 140 g/mol. The first-order valence-electron chi connectivity index (χ1n) is 3.29. The predicted octanol–water partition coefficient (Wildman–Crippen LogP) is 1.50. The first-order chi connectivity index (χ1) is 4.63. The van der Waals surface area contributed by atoms with Crippen LogP contribution in [0.4, 0.5) is 0 Å². The Morgan fingerprint density at radius 1 is 1.40 bits per heavy atom.